The Hall–Kier alpha value is -0.0400. The van der Waals surface area contributed by atoms with Crippen LogP contribution in [0.25, 0.3) is 0 Å². The SMILES string of the molecule is CCCC[C@H]1O[C@H]1C. The van der Waals surface area contributed by atoms with Crippen LogP contribution in [-0.4, -0.2) is 12.2 Å². The van der Waals surface area contributed by atoms with Gasteiger partial charge < -0.3 is 4.74 Å². The van der Waals surface area contributed by atoms with Gasteiger partial charge in [-0.15, -0.1) is 0 Å². The molecule has 0 N–H and O–H groups in total. The predicted octanol–water partition coefficient (Wildman–Crippen LogP) is 1.96. The van der Waals surface area contributed by atoms with Crippen molar-refractivity contribution in [3.8, 4) is 0 Å². The highest BCUT2D eigenvalue weighted by Gasteiger charge is 2.32. The van der Waals surface area contributed by atoms with Gasteiger partial charge in [-0.1, -0.05) is 19.8 Å². The molecule has 8 heavy (non-hydrogen) atoms. The third kappa shape index (κ3) is 1.48. The third-order valence-corrected chi connectivity index (χ3v) is 1.68. The summed E-state index contributed by atoms with van der Waals surface area (Å²) in [4.78, 5) is 0. The summed E-state index contributed by atoms with van der Waals surface area (Å²) >= 11 is 0. The van der Waals surface area contributed by atoms with E-state index in [-0.39, 0.29) is 0 Å². The summed E-state index contributed by atoms with van der Waals surface area (Å²) in [6.07, 6.45) is 5.09. The van der Waals surface area contributed by atoms with Crippen LogP contribution >= 0.6 is 0 Å². The first-order valence-corrected chi connectivity index (χ1v) is 3.50. The van der Waals surface area contributed by atoms with Crippen LogP contribution < -0.4 is 0 Å². The van der Waals surface area contributed by atoms with Crippen molar-refractivity contribution in [1.29, 1.82) is 0 Å². The molecule has 0 radical (unpaired) electrons. The second kappa shape index (κ2) is 2.49. The van der Waals surface area contributed by atoms with Crippen LogP contribution in [0.4, 0.5) is 0 Å². The maximum Gasteiger partial charge on any atom is 0.0839 e. The Kier molecular flexibility index (Phi) is 1.90. The molecule has 1 fully saturated rings. The molecule has 1 nitrogen and oxygen atoms in total. The Morgan fingerprint density at radius 2 is 2.12 bits per heavy atom. The zero-order valence-electron chi connectivity index (χ0n) is 5.68. The molecular weight excluding hydrogens is 100 g/mol. The van der Waals surface area contributed by atoms with E-state index in [1.165, 1.54) is 19.3 Å². The van der Waals surface area contributed by atoms with Gasteiger partial charge in [-0.2, -0.15) is 0 Å². The minimum Gasteiger partial charge on any atom is -0.370 e. The first-order chi connectivity index (χ1) is 3.84. The van der Waals surface area contributed by atoms with Crippen LogP contribution in [0.2, 0.25) is 0 Å². The first kappa shape index (κ1) is 6.09. The van der Waals surface area contributed by atoms with Gasteiger partial charge in [0.15, 0.2) is 0 Å². The van der Waals surface area contributed by atoms with Crippen molar-refractivity contribution < 1.29 is 4.74 Å². The third-order valence-electron chi connectivity index (χ3n) is 1.68. The zero-order valence-corrected chi connectivity index (χ0v) is 5.68. The minimum atomic E-state index is 0.571. The number of rotatable bonds is 3. The topological polar surface area (TPSA) is 12.5 Å². The van der Waals surface area contributed by atoms with E-state index in [4.69, 9.17) is 4.74 Å². The van der Waals surface area contributed by atoms with Crippen LogP contribution in [0.3, 0.4) is 0 Å². The molecule has 2 atom stereocenters. The lowest BCUT2D eigenvalue weighted by molar-refractivity contribution is 0.366. The lowest BCUT2D eigenvalue weighted by Gasteiger charge is -1.87. The molecule has 0 unspecified atom stereocenters. The van der Waals surface area contributed by atoms with Gasteiger partial charge in [0.25, 0.3) is 0 Å². The van der Waals surface area contributed by atoms with E-state index in [1.807, 2.05) is 0 Å². The minimum absolute atomic E-state index is 0.571. The number of ether oxygens (including phenoxy) is 1. The Morgan fingerprint density at radius 1 is 1.50 bits per heavy atom. The molecule has 1 heteroatoms. The van der Waals surface area contributed by atoms with Gasteiger partial charge >= 0.3 is 0 Å². The average Bonchev–Trinajstić information content (AvgIpc) is 2.42. The van der Waals surface area contributed by atoms with Gasteiger partial charge in [-0.25, -0.2) is 0 Å². The molecule has 0 aromatic heterocycles. The van der Waals surface area contributed by atoms with Crippen molar-refractivity contribution in [3.63, 3.8) is 0 Å². The Bertz CT molecular complexity index is 70.8. The molecule has 1 heterocycles. The van der Waals surface area contributed by atoms with Crippen molar-refractivity contribution in [2.45, 2.75) is 45.3 Å². The van der Waals surface area contributed by atoms with Gasteiger partial charge in [0.2, 0.25) is 0 Å². The highest BCUT2D eigenvalue weighted by atomic mass is 16.6. The number of hydrogen-bond donors (Lipinski definition) is 0. The zero-order chi connectivity index (χ0) is 5.98. The highest BCUT2D eigenvalue weighted by Crippen LogP contribution is 2.25. The van der Waals surface area contributed by atoms with Crippen LogP contribution in [0.5, 0.6) is 0 Å². The normalized spacial score (nSPS) is 35.2. The standard InChI is InChI=1S/C7H14O/c1-3-4-5-7-6(2)8-7/h6-7H,3-5H2,1-2H3/t6-,7+/m0/s1. The monoisotopic (exact) mass is 114 g/mol. The number of hydrogen-bond acceptors (Lipinski definition) is 1. The van der Waals surface area contributed by atoms with E-state index in [2.05, 4.69) is 13.8 Å². The fourth-order valence-corrected chi connectivity index (χ4v) is 0.938. The van der Waals surface area contributed by atoms with E-state index in [0.717, 1.165) is 0 Å². The number of epoxide rings is 1. The van der Waals surface area contributed by atoms with Crippen LogP contribution in [0.15, 0.2) is 0 Å². The van der Waals surface area contributed by atoms with Gasteiger partial charge in [0.1, 0.15) is 0 Å². The number of unbranched alkanes of at least 4 members (excludes halogenated alkanes) is 1. The second-order valence-corrected chi connectivity index (χ2v) is 2.52. The highest BCUT2D eigenvalue weighted by molar-refractivity contribution is 4.79. The first-order valence-electron chi connectivity index (χ1n) is 3.50. The van der Waals surface area contributed by atoms with Crippen molar-refractivity contribution in [1.82, 2.24) is 0 Å². The summed E-state index contributed by atoms with van der Waals surface area (Å²) < 4.78 is 5.22. The van der Waals surface area contributed by atoms with E-state index in [0.29, 0.717) is 12.2 Å². The quantitative estimate of drug-likeness (QED) is 0.511. The molecule has 0 aromatic carbocycles. The fraction of sp³-hybridized carbons (Fsp3) is 1.00. The van der Waals surface area contributed by atoms with Crippen LogP contribution in [0.1, 0.15) is 33.1 Å². The molecule has 0 aromatic rings. The molecule has 1 aliphatic rings. The average molecular weight is 114 g/mol. The van der Waals surface area contributed by atoms with Gasteiger partial charge in [0, 0.05) is 0 Å². The molecule has 0 spiro atoms. The summed E-state index contributed by atoms with van der Waals surface area (Å²) in [5, 5.41) is 0. The van der Waals surface area contributed by atoms with Crippen molar-refractivity contribution >= 4 is 0 Å². The van der Waals surface area contributed by atoms with Gasteiger partial charge in [0.05, 0.1) is 12.2 Å². The van der Waals surface area contributed by atoms with Crippen molar-refractivity contribution in [2.24, 2.45) is 0 Å². The van der Waals surface area contributed by atoms with E-state index in [9.17, 15) is 0 Å². The van der Waals surface area contributed by atoms with E-state index < -0.39 is 0 Å². The fourth-order valence-electron chi connectivity index (χ4n) is 0.938. The Labute approximate surface area is 51.0 Å². The molecule has 0 saturated carbocycles. The smallest absolute Gasteiger partial charge is 0.0839 e. The maximum absolute atomic E-state index is 5.22. The summed E-state index contributed by atoms with van der Waals surface area (Å²) in [7, 11) is 0. The lowest BCUT2D eigenvalue weighted by Crippen LogP contribution is -1.87. The van der Waals surface area contributed by atoms with Crippen LogP contribution in [-0.2, 0) is 4.74 Å². The summed E-state index contributed by atoms with van der Waals surface area (Å²) in [6, 6.07) is 0. The summed E-state index contributed by atoms with van der Waals surface area (Å²) in [6.45, 7) is 4.35. The molecule has 48 valence electrons. The lowest BCUT2D eigenvalue weighted by atomic mass is 10.2. The maximum atomic E-state index is 5.22. The Balaban J connectivity index is 1.89. The Morgan fingerprint density at radius 3 is 2.50 bits per heavy atom. The molecule has 1 saturated heterocycles. The molecule has 0 amide bonds. The van der Waals surface area contributed by atoms with Crippen molar-refractivity contribution in [2.75, 3.05) is 0 Å². The molecule has 1 rings (SSSR count). The van der Waals surface area contributed by atoms with Gasteiger partial charge in [-0.3, -0.25) is 0 Å². The van der Waals surface area contributed by atoms with Gasteiger partial charge in [-0.05, 0) is 13.3 Å². The predicted molar refractivity (Wildman–Crippen MR) is 33.9 cm³/mol. The summed E-state index contributed by atoms with van der Waals surface area (Å²) in [5.74, 6) is 0. The molecule has 0 bridgehead atoms. The summed E-state index contributed by atoms with van der Waals surface area (Å²) in [5.41, 5.74) is 0. The molecule has 0 aliphatic carbocycles. The largest absolute Gasteiger partial charge is 0.370 e. The van der Waals surface area contributed by atoms with E-state index in [1.54, 1.807) is 0 Å². The second-order valence-electron chi connectivity index (χ2n) is 2.52. The van der Waals surface area contributed by atoms with Crippen LogP contribution in [0, 0.1) is 0 Å². The van der Waals surface area contributed by atoms with Crippen molar-refractivity contribution in [3.05, 3.63) is 0 Å². The molecular formula is C7H14O. The molecule has 1 aliphatic heterocycles. The van der Waals surface area contributed by atoms with E-state index >= 15 is 0 Å².